The molecule has 2 N–H and O–H groups in total. The zero-order valence-corrected chi connectivity index (χ0v) is 13.1. The molecule has 1 aromatic rings. The van der Waals surface area contributed by atoms with E-state index in [1.807, 2.05) is 32.9 Å². The summed E-state index contributed by atoms with van der Waals surface area (Å²) in [7, 11) is -3.40. The minimum absolute atomic E-state index is 0. The minimum atomic E-state index is -3.40. The third-order valence-electron chi connectivity index (χ3n) is 3.39. The molecule has 0 aliphatic carbocycles. The summed E-state index contributed by atoms with van der Waals surface area (Å²) >= 11 is 0. The van der Waals surface area contributed by atoms with Crippen molar-refractivity contribution in [1.82, 2.24) is 4.31 Å². The van der Waals surface area contributed by atoms with Crippen molar-refractivity contribution >= 4 is 22.4 Å². The lowest BCUT2D eigenvalue weighted by Gasteiger charge is -2.19. The fourth-order valence-corrected chi connectivity index (χ4v) is 4.60. The summed E-state index contributed by atoms with van der Waals surface area (Å²) < 4.78 is 26.7. The quantitative estimate of drug-likeness (QED) is 0.905. The number of hydrogen-bond acceptors (Lipinski definition) is 3. The van der Waals surface area contributed by atoms with Gasteiger partial charge in [-0.05, 0) is 38.3 Å². The van der Waals surface area contributed by atoms with Crippen LogP contribution >= 0.6 is 12.4 Å². The van der Waals surface area contributed by atoms with Gasteiger partial charge < -0.3 is 5.73 Å². The smallest absolute Gasteiger partial charge is 0.243 e. The van der Waals surface area contributed by atoms with Crippen LogP contribution in [0.3, 0.4) is 0 Å². The lowest BCUT2D eigenvalue weighted by Crippen LogP contribution is -2.32. The van der Waals surface area contributed by atoms with Gasteiger partial charge >= 0.3 is 0 Å². The number of rotatable bonds is 2. The summed E-state index contributed by atoms with van der Waals surface area (Å²) in [6.07, 6.45) is 0.739. The van der Waals surface area contributed by atoms with Gasteiger partial charge in [-0.3, -0.25) is 0 Å². The third kappa shape index (κ3) is 3.11. The van der Waals surface area contributed by atoms with E-state index in [2.05, 4.69) is 0 Å². The van der Waals surface area contributed by atoms with Crippen LogP contribution in [0.1, 0.15) is 23.1 Å². The lowest BCUT2D eigenvalue weighted by molar-refractivity contribution is 0.471. The van der Waals surface area contributed by atoms with E-state index < -0.39 is 10.0 Å². The molecule has 0 unspecified atom stereocenters. The lowest BCUT2D eigenvalue weighted by atomic mass is 10.1. The summed E-state index contributed by atoms with van der Waals surface area (Å²) in [6, 6.07) is 3.79. The molecule has 1 aliphatic heterocycles. The molecule has 0 amide bonds. The monoisotopic (exact) mass is 304 g/mol. The molecule has 1 saturated heterocycles. The van der Waals surface area contributed by atoms with Crippen LogP contribution in [0.25, 0.3) is 0 Å². The first-order valence-electron chi connectivity index (χ1n) is 6.16. The summed E-state index contributed by atoms with van der Waals surface area (Å²) in [5, 5.41) is 0. The molecule has 4 nitrogen and oxygen atoms in total. The van der Waals surface area contributed by atoms with Gasteiger partial charge in [0.05, 0.1) is 4.90 Å². The van der Waals surface area contributed by atoms with E-state index in [0.29, 0.717) is 18.0 Å². The van der Waals surface area contributed by atoms with Crippen molar-refractivity contribution in [3.05, 3.63) is 28.8 Å². The van der Waals surface area contributed by atoms with Crippen LogP contribution < -0.4 is 5.73 Å². The highest BCUT2D eigenvalue weighted by atomic mass is 35.5. The maximum absolute atomic E-state index is 12.6. The van der Waals surface area contributed by atoms with Crippen LogP contribution in [0.2, 0.25) is 0 Å². The number of nitrogens with two attached hydrogens (primary N) is 1. The highest BCUT2D eigenvalue weighted by molar-refractivity contribution is 7.89. The molecule has 0 bridgehead atoms. The average molecular weight is 305 g/mol. The molecule has 0 radical (unpaired) electrons. The molecule has 0 aromatic heterocycles. The Balaban J connectivity index is 0.00000180. The summed E-state index contributed by atoms with van der Waals surface area (Å²) in [5.74, 6) is 0. The molecule has 1 heterocycles. The first-order chi connectivity index (χ1) is 8.32. The van der Waals surface area contributed by atoms with Gasteiger partial charge in [0.1, 0.15) is 0 Å². The second-order valence-electron chi connectivity index (χ2n) is 5.14. The number of halogens is 1. The van der Waals surface area contributed by atoms with E-state index >= 15 is 0 Å². The van der Waals surface area contributed by atoms with Gasteiger partial charge in [0, 0.05) is 19.1 Å². The molecular weight excluding hydrogens is 284 g/mol. The first kappa shape index (κ1) is 16.4. The highest BCUT2D eigenvalue weighted by Crippen LogP contribution is 2.27. The zero-order valence-electron chi connectivity index (χ0n) is 11.5. The topological polar surface area (TPSA) is 63.4 Å². The van der Waals surface area contributed by atoms with E-state index in [0.717, 1.165) is 23.1 Å². The van der Waals surface area contributed by atoms with Crippen LogP contribution in [0.15, 0.2) is 17.0 Å². The Hall–Kier alpha value is -0.620. The number of hydrogen-bond donors (Lipinski definition) is 1. The van der Waals surface area contributed by atoms with E-state index in [-0.39, 0.29) is 18.4 Å². The molecule has 0 spiro atoms. The molecule has 6 heteroatoms. The number of sulfonamides is 1. The van der Waals surface area contributed by atoms with E-state index in [1.165, 1.54) is 4.31 Å². The minimum Gasteiger partial charge on any atom is -0.326 e. The maximum atomic E-state index is 12.6. The number of benzene rings is 1. The van der Waals surface area contributed by atoms with Crippen molar-refractivity contribution in [2.75, 3.05) is 13.1 Å². The molecule has 1 fully saturated rings. The number of aryl methyl sites for hydroxylation is 3. The second kappa shape index (κ2) is 5.79. The van der Waals surface area contributed by atoms with Gasteiger partial charge in [0.2, 0.25) is 10.0 Å². The Bertz CT molecular complexity index is 549. The summed E-state index contributed by atoms with van der Waals surface area (Å²) in [4.78, 5) is 0.446. The van der Waals surface area contributed by atoms with E-state index in [4.69, 9.17) is 5.73 Å². The van der Waals surface area contributed by atoms with Crippen molar-refractivity contribution in [2.24, 2.45) is 5.73 Å². The fraction of sp³-hybridized carbons (Fsp3) is 0.538. The van der Waals surface area contributed by atoms with Crippen molar-refractivity contribution in [3.8, 4) is 0 Å². The molecule has 1 aliphatic rings. The predicted octanol–water partition coefficient (Wildman–Crippen LogP) is 1.76. The standard InChI is InChI=1S/C13H20N2O2S.ClH/c1-9-6-10(2)13(11(3)7-9)18(16,17)15-5-4-12(14)8-15;/h6-7,12H,4-5,8,14H2,1-3H3;1H/t12-;/m1./s1. The van der Waals surface area contributed by atoms with Crippen molar-refractivity contribution in [1.29, 1.82) is 0 Å². The molecule has 108 valence electrons. The van der Waals surface area contributed by atoms with Gasteiger partial charge in [0.15, 0.2) is 0 Å². The molecule has 2 rings (SSSR count). The van der Waals surface area contributed by atoms with Crippen LogP contribution in [0.5, 0.6) is 0 Å². The largest absolute Gasteiger partial charge is 0.326 e. The maximum Gasteiger partial charge on any atom is 0.243 e. The Morgan fingerprint density at radius 1 is 1.21 bits per heavy atom. The van der Waals surface area contributed by atoms with Crippen LogP contribution in [0, 0.1) is 20.8 Å². The van der Waals surface area contributed by atoms with Crippen LogP contribution in [-0.2, 0) is 10.0 Å². The molecule has 1 atom stereocenters. The van der Waals surface area contributed by atoms with Gasteiger partial charge in [-0.15, -0.1) is 12.4 Å². The summed E-state index contributed by atoms with van der Waals surface area (Å²) in [6.45, 7) is 6.62. The van der Waals surface area contributed by atoms with E-state index in [1.54, 1.807) is 0 Å². The van der Waals surface area contributed by atoms with E-state index in [9.17, 15) is 8.42 Å². The summed E-state index contributed by atoms with van der Waals surface area (Å²) in [5.41, 5.74) is 8.51. The Kier molecular flexibility index (Phi) is 5.01. The molecule has 1 aromatic carbocycles. The first-order valence-corrected chi connectivity index (χ1v) is 7.60. The second-order valence-corrected chi connectivity index (χ2v) is 7.01. The Morgan fingerprint density at radius 2 is 1.74 bits per heavy atom. The number of nitrogens with zero attached hydrogens (tertiary/aromatic N) is 1. The molecule has 19 heavy (non-hydrogen) atoms. The third-order valence-corrected chi connectivity index (χ3v) is 5.56. The molecule has 0 saturated carbocycles. The van der Waals surface area contributed by atoms with Crippen LogP contribution in [-0.4, -0.2) is 31.9 Å². The molecular formula is C13H21ClN2O2S. The van der Waals surface area contributed by atoms with Crippen molar-refractivity contribution < 1.29 is 8.42 Å². The predicted molar refractivity (Wildman–Crippen MR) is 79.3 cm³/mol. The Morgan fingerprint density at radius 3 is 2.16 bits per heavy atom. The highest BCUT2D eigenvalue weighted by Gasteiger charge is 2.32. The van der Waals surface area contributed by atoms with Gasteiger partial charge in [-0.2, -0.15) is 4.31 Å². The Labute approximate surface area is 121 Å². The van der Waals surface area contributed by atoms with Crippen LogP contribution in [0.4, 0.5) is 0 Å². The average Bonchev–Trinajstić information content (AvgIpc) is 2.63. The SMILES string of the molecule is Cc1cc(C)c(S(=O)(=O)N2CC[C@@H](N)C2)c(C)c1.Cl. The van der Waals surface area contributed by atoms with Crippen molar-refractivity contribution in [3.63, 3.8) is 0 Å². The zero-order chi connectivity index (χ0) is 13.5. The van der Waals surface area contributed by atoms with Crippen molar-refractivity contribution in [2.45, 2.75) is 38.1 Å². The van der Waals surface area contributed by atoms with Gasteiger partial charge in [-0.1, -0.05) is 17.7 Å². The van der Waals surface area contributed by atoms with Gasteiger partial charge in [-0.25, -0.2) is 8.42 Å². The van der Waals surface area contributed by atoms with Gasteiger partial charge in [0.25, 0.3) is 0 Å². The normalized spacial score (nSPS) is 20.3. The fourth-order valence-electron chi connectivity index (χ4n) is 2.68.